The van der Waals surface area contributed by atoms with Crippen LogP contribution in [0.3, 0.4) is 0 Å². The van der Waals surface area contributed by atoms with E-state index in [2.05, 4.69) is 10.2 Å². The number of nitrogens with one attached hydrogen (secondary N) is 1. The molecule has 1 aliphatic heterocycles. The maximum absolute atomic E-state index is 12.7. The molecule has 2 aromatic rings. The summed E-state index contributed by atoms with van der Waals surface area (Å²) >= 11 is 0. The number of amides is 2. The highest BCUT2D eigenvalue weighted by Gasteiger charge is 2.28. The van der Waals surface area contributed by atoms with E-state index in [0.29, 0.717) is 18.7 Å². The van der Waals surface area contributed by atoms with Gasteiger partial charge in [0.05, 0.1) is 6.61 Å². The van der Waals surface area contributed by atoms with Crippen molar-refractivity contribution in [2.45, 2.75) is 6.04 Å². The second-order valence-corrected chi connectivity index (χ2v) is 6.22. The van der Waals surface area contributed by atoms with Crippen LogP contribution in [0.15, 0.2) is 60.7 Å². The van der Waals surface area contributed by atoms with Gasteiger partial charge in [0, 0.05) is 37.4 Å². The molecule has 1 atom stereocenters. The number of anilines is 1. The molecule has 0 radical (unpaired) electrons. The van der Waals surface area contributed by atoms with Gasteiger partial charge in [-0.2, -0.15) is 0 Å². The van der Waals surface area contributed by atoms with Crippen LogP contribution in [0.5, 0.6) is 0 Å². The summed E-state index contributed by atoms with van der Waals surface area (Å²) in [5.74, 6) is -0.606. The van der Waals surface area contributed by atoms with Gasteiger partial charge >= 0.3 is 0 Å². The largest absolute Gasteiger partial charge is 0.394 e. The summed E-state index contributed by atoms with van der Waals surface area (Å²) in [4.78, 5) is 28.8. The van der Waals surface area contributed by atoms with Gasteiger partial charge in [0.1, 0.15) is 6.04 Å². The number of hydrogen-bond acceptors (Lipinski definition) is 4. The second-order valence-electron chi connectivity index (χ2n) is 6.22. The minimum atomic E-state index is -0.925. The molecule has 26 heavy (non-hydrogen) atoms. The van der Waals surface area contributed by atoms with E-state index < -0.39 is 12.6 Å². The summed E-state index contributed by atoms with van der Waals surface area (Å²) in [5, 5.41) is 12.2. The van der Waals surface area contributed by atoms with Crippen LogP contribution in [-0.2, 0) is 4.79 Å². The first-order chi connectivity index (χ1) is 12.7. The molecule has 0 saturated carbocycles. The molecule has 0 unspecified atom stereocenters. The number of benzene rings is 2. The van der Waals surface area contributed by atoms with Crippen LogP contribution in [0.4, 0.5) is 5.69 Å². The van der Waals surface area contributed by atoms with E-state index >= 15 is 0 Å². The Hall–Kier alpha value is -2.86. The molecule has 0 aliphatic carbocycles. The summed E-state index contributed by atoms with van der Waals surface area (Å²) < 4.78 is 0. The van der Waals surface area contributed by atoms with Gasteiger partial charge in [-0.05, 0) is 24.3 Å². The SMILES string of the molecule is O=C(N[C@@H](CO)C(=O)N1CCN(c2ccccc2)CC1)c1ccccc1. The zero-order valence-corrected chi connectivity index (χ0v) is 14.5. The van der Waals surface area contributed by atoms with E-state index in [1.165, 1.54) is 0 Å². The van der Waals surface area contributed by atoms with Crippen molar-refractivity contribution < 1.29 is 14.7 Å². The summed E-state index contributed by atoms with van der Waals surface area (Å²) in [7, 11) is 0. The van der Waals surface area contributed by atoms with Crippen LogP contribution in [0.2, 0.25) is 0 Å². The molecule has 1 heterocycles. The zero-order valence-electron chi connectivity index (χ0n) is 14.5. The van der Waals surface area contributed by atoms with Gasteiger partial charge < -0.3 is 20.2 Å². The molecule has 1 fully saturated rings. The molecule has 6 nitrogen and oxygen atoms in total. The average Bonchev–Trinajstić information content (AvgIpc) is 2.72. The smallest absolute Gasteiger partial charge is 0.251 e. The van der Waals surface area contributed by atoms with Crippen LogP contribution in [0.25, 0.3) is 0 Å². The monoisotopic (exact) mass is 353 g/mol. The molecule has 2 amide bonds. The Morgan fingerprint density at radius 2 is 1.50 bits per heavy atom. The molecular formula is C20H23N3O3. The fraction of sp³-hybridized carbons (Fsp3) is 0.300. The first-order valence-corrected chi connectivity index (χ1v) is 8.74. The van der Waals surface area contributed by atoms with Gasteiger partial charge in [-0.3, -0.25) is 9.59 Å². The van der Waals surface area contributed by atoms with Crippen LogP contribution in [-0.4, -0.2) is 60.6 Å². The number of rotatable bonds is 5. The minimum absolute atomic E-state index is 0.246. The number of carbonyl (C=O) groups excluding carboxylic acids is 2. The van der Waals surface area contributed by atoms with E-state index in [1.807, 2.05) is 36.4 Å². The molecule has 136 valence electrons. The normalized spacial score (nSPS) is 15.4. The van der Waals surface area contributed by atoms with Crippen molar-refractivity contribution in [2.75, 3.05) is 37.7 Å². The lowest BCUT2D eigenvalue weighted by Crippen LogP contribution is -2.56. The van der Waals surface area contributed by atoms with E-state index in [-0.39, 0.29) is 11.8 Å². The number of para-hydroxylation sites is 1. The summed E-state index contributed by atoms with van der Waals surface area (Å²) in [5.41, 5.74) is 1.60. The molecule has 2 aromatic carbocycles. The topological polar surface area (TPSA) is 72.9 Å². The van der Waals surface area contributed by atoms with Crippen molar-refractivity contribution in [3.05, 3.63) is 66.2 Å². The Kier molecular flexibility index (Phi) is 5.86. The third-order valence-corrected chi connectivity index (χ3v) is 4.53. The van der Waals surface area contributed by atoms with Crippen LogP contribution in [0, 0.1) is 0 Å². The third-order valence-electron chi connectivity index (χ3n) is 4.53. The Morgan fingerprint density at radius 3 is 2.08 bits per heavy atom. The van der Waals surface area contributed by atoms with Crippen molar-refractivity contribution in [3.63, 3.8) is 0 Å². The molecule has 6 heteroatoms. The van der Waals surface area contributed by atoms with Gasteiger partial charge in [-0.1, -0.05) is 36.4 Å². The molecule has 0 spiro atoms. The summed E-state index contributed by atoms with van der Waals surface area (Å²) in [6, 6.07) is 17.8. The van der Waals surface area contributed by atoms with E-state index in [0.717, 1.165) is 18.8 Å². The number of aliphatic hydroxyl groups is 1. The third kappa shape index (κ3) is 4.21. The van der Waals surface area contributed by atoms with Crippen molar-refractivity contribution in [1.29, 1.82) is 0 Å². The van der Waals surface area contributed by atoms with Crippen LogP contribution >= 0.6 is 0 Å². The standard InChI is InChI=1S/C20H23N3O3/c24-15-18(21-19(25)16-7-3-1-4-8-16)20(26)23-13-11-22(12-14-23)17-9-5-2-6-10-17/h1-10,18,24H,11-15H2,(H,21,25)/t18-/m0/s1. The quantitative estimate of drug-likeness (QED) is 0.845. The Labute approximate surface area is 153 Å². The fourth-order valence-corrected chi connectivity index (χ4v) is 3.06. The van der Waals surface area contributed by atoms with Crippen LogP contribution < -0.4 is 10.2 Å². The Morgan fingerprint density at radius 1 is 0.923 bits per heavy atom. The predicted molar refractivity (Wildman–Crippen MR) is 100 cm³/mol. The number of nitrogens with zero attached hydrogens (tertiary/aromatic N) is 2. The summed E-state index contributed by atoms with van der Waals surface area (Å²) in [6.45, 7) is 2.15. The lowest BCUT2D eigenvalue weighted by molar-refractivity contribution is -0.134. The van der Waals surface area contributed by atoms with Gasteiger partial charge in [0.2, 0.25) is 5.91 Å². The molecular weight excluding hydrogens is 330 g/mol. The lowest BCUT2D eigenvalue weighted by Gasteiger charge is -2.37. The molecule has 1 saturated heterocycles. The minimum Gasteiger partial charge on any atom is -0.394 e. The van der Waals surface area contributed by atoms with Crippen LogP contribution in [0.1, 0.15) is 10.4 Å². The van der Waals surface area contributed by atoms with Crippen molar-refractivity contribution in [1.82, 2.24) is 10.2 Å². The van der Waals surface area contributed by atoms with Gasteiger partial charge in [0.15, 0.2) is 0 Å². The highest BCUT2D eigenvalue weighted by molar-refractivity contribution is 5.97. The number of piperazine rings is 1. The highest BCUT2D eigenvalue weighted by Crippen LogP contribution is 2.16. The zero-order chi connectivity index (χ0) is 18.4. The van der Waals surface area contributed by atoms with Gasteiger partial charge in [0.25, 0.3) is 5.91 Å². The van der Waals surface area contributed by atoms with Gasteiger partial charge in [-0.15, -0.1) is 0 Å². The van der Waals surface area contributed by atoms with E-state index in [9.17, 15) is 14.7 Å². The number of aliphatic hydroxyl groups excluding tert-OH is 1. The maximum atomic E-state index is 12.7. The second kappa shape index (κ2) is 8.49. The number of carbonyl (C=O) groups is 2. The number of hydrogen-bond donors (Lipinski definition) is 2. The molecule has 3 rings (SSSR count). The lowest BCUT2D eigenvalue weighted by atomic mass is 10.1. The molecule has 0 aromatic heterocycles. The van der Waals surface area contributed by atoms with E-state index in [4.69, 9.17) is 0 Å². The highest BCUT2D eigenvalue weighted by atomic mass is 16.3. The van der Waals surface area contributed by atoms with Crippen molar-refractivity contribution >= 4 is 17.5 Å². The summed E-state index contributed by atoms with van der Waals surface area (Å²) in [6.07, 6.45) is 0. The van der Waals surface area contributed by atoms with Gasteiger partial charge in [-0.25, -0.2) is 0 Å². The molecule has 0 bridgehead atoms. The molecule has 2 N–H and O–H groups in total. The van der Waals surface area contributed by atoms with Crippen molar-refractivity contribution in [2.24, 2.45) is 0 Å². The average molecular weight is 353 g/mol. The fourth-order valence-electron chi connectivity index (χ4n) is 3.06. The first kappa shape index (κ1) is 17.9. The van der Waals surface area contributed by atoms with E-state index in [1.54, 1.807) is 29.2 Å². The Bertz CT molecular complexity index is 728. The predicted octanol–water partition coefficient (Wildman–Crippen LogP) is 1.13. The maximum Gasteiger partial charge on any atom is 0.251 e. The van der Waals surface area contributed by atoms with Crippen molar-refractivity contribution in [3.8, 4) is 0 Å². The first-order valence-electron chi connectivity index (χ1n) is 8.74. The molecule has 1 aliphatic rings. The Balaban J connectivity index is 1.57.